The van der Waals surface area contributed by atoms with Crippen LogP contribution in [0.25, 0.3) is 0 Å². The van der Waals surface area contributed by atoms with Crippen LogP contribution >= 0.6 is 0 Å². The average molecular weight is 220 g/mol. The minimum absolute atomic E-state index is 0.200. The van der Waals surface area contributed by atoms with E-state index in [0.717, 1.165) is 18.7 Å². The molecule has 0 bridgehead atoms. The van der Waals surface area contributed by atoms with Crippen molar-refractivity contribution in [2.24, 2.45) is 0 Å². The van der Waals surface area contributed by atoms with E-state index in [9.17, 15) is 5.11 Å². The van der Waals surface area contributed by atoms with Crippen molar-refractivity contribution in [1.29, 1.82) is 5.26 Å². The first-order valence-corrected chi connectivity index (χ1v) is 5.67. The summed E-state index contributed by atoms with van der Waals surface area (Å²) in [5.41, 5.74) is 0. The van der Waals surface area contributed by atoms with Crippen molar-refractivity contribution in [3.05, 3.63) is 23.7 Å². The SMILES string of the molecule is N#Cc1ccc(CN2CCCCC2CO)o1. The van der Waals surface area contributed by atoms with Gasteiger partial charge in [0.15, 0.2) is 0 Å². The number of nitrogens with zero attached hydrogens (tertiary/aromatic N) is 2. The third-order valence-electron chi connectivity index (χ3n) is 3.09. The lowest BCUT2D eigenvalue weighted by molar-refractivity contribution is 0.0782. The van der Waals surface area contributed by atoms with Crippen molar-refractivity contribution in [1.82, 2.24) is 4.90 Å². The first-order chi connectivity index (χ1) is 7.83. The molecule has 0 amide bonds. The summed E-state index contributed by atoms with van der Waals surface area (Å²) in [5.74, 6) is 1.16. The Hall–Kier alpha value is -1.31. The summed E-state index contributed by atoms with van der Waals surface area (Å²) in [4.78, 5) is 2.23. The van der Waals surface area contributed by atoms with Crippen LogP contribution in [-0.4, -0.2) is 29.2 Å². The number of nitriles is 1. The van der Waals surface area contributed by atoms with Crippen LogP contribution in [0.5, 0.6) is 0 Å². The molecule has 1 aliphatic heterocycles. The highest BCUT2D eigenvalue weighted by atomic mass is 16.3. The first kappa shape index (κ1) is 11.2. The van der Waals surface area contributed by atoms with Crippen LogP contribution in [0.4, 0.5) is 0 Å². The highest BCUT2D eigenvalue weighted by Gasteiger charge is 2.22. The van der Waals surface area contributed by atoms with Gasteiger partial charge in [-0.25, -0.2) is 0 Å². The molecule has 1 fully saturated rings. The predicted molar refractivity (Wildman–Crippen MR) is 58.6 cm³/mol. The van der Waals surface area contributed by atoms with Gasteiger partial charge in [0.2, 0.25) is 5.76 Å². The van der Waals surface area contributed by atoms with E-state index in [1.165, 1.54) is 12.8 Å². The Bertz CT molecular complexity index is 381. The Labute approximate surface area is 95.1 Å². The molecule has 4 heteroatoms. The molecular formula is C12H16N2O2. The largest absolute Gasteiger partial charge is 0.449 e. The molecule has 0 spiro atoms. The maximum Gasteiger partial charge on any atom is 0.203 e. The Balaban J connectivity index is 1.99. The molecule has 86 valence electrons. The second-order valence-electron chi connectivity index (χ2n) is 4.18. The van der Waals surface area contributed by atoms with Crippen LogP contribution in [0, 0.1) is 11.3 Å². The van der Waals surface area contributed by atoms with E-state index in [-0.39, 0.29) is 12.6 Å². The molecule has 1 aromatic heterocycles. The highest BCUT2D eigenvalue weighted by Crippen LogP contribution is 2.20. The average Bonchev–Trinajstić information content (AvgIpc) is 2.77. The van der Waals surface area contributed by atoms with Crippen LogP contribution in [0.1, 0.15) is 30.8 Å². The van der Waals surface area contributed by atoms with Gasteiger partial charge in [0.1, 0.15) is 11.8 Å². The zero-order valence-corrected chi connectivity index (χ0v) is 9.22. The number of aliphatic hydroxyl groups is 1. The monoisotopic (exact) mass is 220 g/mol. The summed E-state index contributed by atoms with van der Waals surface area (Å²) in [5, 5.41) is 17.9. The van der Waals surface area contributed by atoms with Gasteiger partial charge in [-0.15, -0.1) is 0 Å². The minimum atomic E-state index is 0.200. The summed E-state index contributed by atoms with van der Waals surface area (Å²) in [6, 6.07) is 5.74. The Morgan fingerprint density at radius 3 is 3.06 bits per heavy atom. The van der Waals surface area contributed by atoms with Crippen LogP contribution < -0.4 is 0 Å². The smallest absolute Gasteiger partial charge is 0.203 e. The molecule has 1 aliphatic rings. The lowest BCUT2D eigenvalue weighted by Gasteiger charge is -2.33. The van der Waals surface area contributed by atoms with E-state index < -0.39 is 0 Å². The van der Waals surface area contributed by atoms with E-state index >= 15 is 0 Å². The fraction of sp³-hybridized carbons (Fsp3) is 0.583. The summed E-state index contributed by atoms with van der Waals surface area (Å²) in [6.07, 6.45) is 3.40. The van der Waals surface area contributed by atoms with E-state index in [4.69, 9.17) is 9.68 Å². The topological polar surface area (TPSA) is 60.4 Å². The van der Waals surface area contributed by atoms with Gasteiger partial charge in [0, 0.05) is 6.04 Å². The van der Waals surface area contributed by atoms with Gasteiger partial charge in [-0.2, -0.15) is 5.26 Å². The van der Waals surface area contributed by atoms with Crippen LogP contribution in [0.2, 0.25) is 0 Å². The van der Waals surface area contributed by atoms with Crippen molar-refractivity contribution < 1.29 is 9.52 Å². The minimum Gasteiger partial charge on any atom is -0.449 e. The molecular weight excluding hydrogens is 204 g/mol. The zero-order valence-electron chi connectivity index (χ0n) is 9.22. The highest BCUT2D eigenvalue weighted by molar-refractivity contribution is 5.19. The molecule has 2 heterocycles. The number of furan rings is 1. The molecule has 2 rings (SSSR count). The number of hydrogen-bond donors (Lipinski definition) is 1. The number of likely N-dealkylation sites (tertiary alicyclic amines) is 1. The van der Waals surface area contributed by atoms with Gasteiger partial charge in [-0.1, -0.05) is 6.42 Å². The lowest BCUT2D eigenvalue weighted by Crippen LogP contribution is -2.41. The number of hydrogen-bond acceptors (Lipinski definition) is 4. The number of rotatable bonds is 3. The second-order valence-corrected chi connectivity index (χ2v) is 4.18. The zero-order chi connectivity index (χ0) is 11.4. The Morgan fingerprint density at radius 2 is 2.38 bits per heavy atom. The summed E-state index contributed by atoms with van der Waals surface area (Å²) in [6.45, 7) is 1.88. The van der Waals surface area contributed by atoms with Crippen molar-refractivity contribution in [2.45, 2.75) is 31.8 Å². The third kappa shape index (κ3) is 2.43. The second kappa shape index (κ2) is 5.15. The molecule has 4 nitrogen and oxygen atoms in total. The Morgan fingerprint density at radius 1 is 1.50 bits per heavy atom. The fourth-order valence-electron chi connectivity index (χ4n) is 2.20. The predicted octanol–water partition coefficient (Wildman–Crippen LogP) is 1.50. The van der Waals surface area contributed by atoms with Crippen LogP contribution in [0.15, 0.2) is 16.5 Å². The molecule has 0 radical (unpaired) electrons. The third-order valence-corrected chi connectivity index (χ3v) is 3.09. The summed E-state index contributed by atoms with van der Waals surface area (Å²) >= 11 is 0. The van der Waals surface area contributed by atoms with Gasteiger partial charge in [0.25, 0.3) is 0 Å². The maximum atomic E-state index is 9.27. The quantitative estimate of drug-likeness (QED) is 0.838. The normalized spacial score (nSPS) is 21.9. The summed E-state index contributed by atoms with van der Waals surface area (Å²) in [7, 11) is 0. The number of aliphatic hydroxyl groups excluding tert-OH is 1. The molecule has 1 saturated heterocycles. The fourth-order valence-corrected chi connectivity index (χ4v) is 2.20. The first-order valence-electron chi connectivity index (χ1n) is 5.67. The van der Waals surface area contributed by atoms with Gasteiger partial charge in [-0.3, -0.25) is 4.90 Å². The van der Waals surface area contributed by atoms with Gasteiger partial charge >= 0.3 is 0 Å². The molecule has 0 saturated carbocycles. The van der Waals surface area contributed by atoms with Crippen molar-refractivity contribution in [3.63, 3.8) is 0 Å². The molecule has 1 aromatic rings. The van der Waals surface area contributed by atoms with Crippen LogP contribution in [0.3, 0.4) is 0 Å². The van der Waals surface area contributed by atoms with E-state index in [1.54, 1.807) is 6.07 Å². The molecule has 0 aromatic carbocycles. The standard InChI is InChI=1S/C12H16N2O2/c13-7-11-4-5-12(16-11)8-14-6-2-1-3-10(14)9-15/h4-5,10,15H,1-3,6,8-9H2. The maximum absolute atomic E-state index is 9.27. The molecule has 0 aliphatic carbocycles. The van der Waals surface area contributed by atoms with Gasteiger partial charge in [-0.05, 0) is 31.5 Å². The summed E-state index contributed by atoms with van der Waals surface area (Å²) < 4.78 is 5.34. The number of piperidine rings is 1. The van der Waals surface area contributed by atoms with Crippen molar-refractivity contribution in [2.75, 3.05) is 13.2 Å². The lowest BCUT2D eigenvalue weighted by atomic mass is 10.0. The van der Waals surface area contributed by atoms with Crippen molar-refractivity contribution >= 4 is 0 Å². The Kier molecular flexibility index (Phi) is 3.60. The van der Waals surface area contributed by atoms with E-state index in [0.29, 0.717) is 12.3 Å². The molecule has 1 unspecified atom stereocenters. The van der Waals surface area contributed by atoms with E-state index in [1.807, 2.05) is 12.1 Å². The van der Waals surface area contributed by atoms with Gasteiger partial charge < -0.3 is 9.52 Å². The van der Waals surface area contributed by atoms with Gasteiger partial charge in [0.05, 0.1) is 13.2 Å². The van der Waals surface area contributed by atoms with Crippen LogP contribution in [-0.2, 0) is 6.54 Å². The van der Waals surface area contributed by atoms with Crippen molar-refractivity contribution in [3.8, 4) is 6.07 Å². The molecule has 1 atom stereocenters. The molecule has 16 heavy (non-hydrogen) atoms. The molecule has 1 N–H and O–H groups in total. The van der Waals surface area contributed by atoms with E-state index in [2.05, 4.69) is 4.90 Å².